The van der Waals surface area contributed by atoms with E-state index < -0.39 is 5.60 Å². The number of hydrogen-bond acceptors (Lipinski definition) is 3. The van der Waals surface area contributed by atoms with E-state index in [1.54, 1.807) is 14.0 Å². The van der Waals surface area contributed by atoms with E-state index in [0.717, 1.165) is 4.88 Å². The average molecular weight is 341 g/mol. The highest BCUT2D eigenvalue weighted by molar-refractivity contribution is 14.0. The lowest BCUT2D eigenvalue weighted by Crippen LogP contribution is -2.41. The number of thiophene rings is 1. The number of aliphatic hydroxyl groups is 1. The zero-order valence-corrected chi connectivity index (χ0v) is 11.9. The van der Waals surface area contributed by atoms with E-state index in [9.17, 15) is 5.11 Å². The lowest BCUT2D eigenvalue weighted by molar-refractivity contribution is 0.0657. The maximum absolute atomic E-state index is 10.1. The molecule has 0 aliphatic heterocycles. The predicted octanol–water partition coefficient (Wildman–Crippen LogP) is 1.11. The minimum Gasteiger partial charge on any atom is -0.383 e. The molecule has 1 aromatic rings. The van der Waals surface area contributed by atoms with E-state index in [-0.39, 0.29) is 24.0 Å². The molecule has 0 fully saturated rings. The summed E-state index contributed by atoms with van der Waals surface area (Å²) in [5.41, 5.74) is 4.57. The van der Waals surface area contributed by atoms with Gasteiger partial charge in [0, 0.05) is 11.9 Å². The van der Waals surface area contributed by atoms with Crippen LogP contribution in [0.25, 0.3) is 0 Å². The number of guanidine groups is 1. The van der Waals surface area contributed by atoms with Gasteiger partial charge in [0.2, 0.25) is 0 Å². The van der Waals surface area contributed by atoms with Crippen LogP contribution in [0.1, 0.15) is 11.8 Å². The molecule has 1 rings (SSSR count). The summed E-state index contributed by atoms with van der Waals surface area (Å²) in [5, 5.41) is 14.8. The molecule has 0 aliphatic carbocycles. The topological polar surface area (TPSA) is 70.6 Å². The Kier molecular flexibility index (Phi) is 6.15. The van der Waals surface area contributed by atoms with Gasteiger partial charge >= 0.3 is 0 Å². The molecule has 0 bridgehead atoms. The van der Waals surface area contributed by atoms with Crippen LogP contribution in [0.15, 0.2) is 22.5 Å². The van der Waals surface area contributed by atoms with Gasteiger partial charge in [-0.05, 0) is 18.4 Å². The standard InChI is InChI=1S/C9H15N3OS.HI/c1-9(13,6-12-8(10)11-2)7-4-3-5-14-7;/h3-5,13H,6H2,1-2H3,(H3,10,11,12);1H. The van der Waals surface area contributed by atoms with Crippen molar-refractivity contribution in [2.45, 2.75) is 12.5 Å². The van der Waals surface area contributed by atoms with E-state index in [4.69, 9.17) is 5.73 Å². The number of nitrogens with two attached hydrogens (primary N) is 1. The molecule has 0 spiro atoms. The third kappa shape index (κ3) is 4.35. The van der Waals surface area contributed by atoms with Crippen molar-refractivity contribution in [2.24, 2.45) is 10.7 Å². The fourth-order valence-corrected chi connectivity index (χ4v) is 1.80. The summed E-state index contributed by atoms with van der Waals surface area (Å²) < 4.78 is 0. The molecule has 0 saturated heterocycles. The van der Waals surface area contributed by atoms with Gasteiger partial charge in [0.05, 0.1) is 6.54 Å². The van der Waals surface area contributed by atoms with Crippen molar-refractivity contribution in [1.29, 1.82) is 0 Å². The van der Waals surface area contributed by atoms with E-state index in [0.29, 0.717) is 12.5 Å². The van der Waals surface area contributed by atoms with Crippen LogP contribution in [-0.2, 0) is 5.60 Å². The third-order valence-electron chi connectivity index (χ3n) is 1.91. The Morgan fingerprint density at radius 3 is 2.87 bits per heavy atom. The first kappa shape index (κ1) is 14.7. The monoisotopic (exact) mass is 341 g/mol. The first-order chi connectivity index (χ1) is 6.56. The van der Waals surface area contributed by atoms with Gasteiger partial charge in [0.1, 0.15) is 5.60 Å². The lowest BCUT2D eigenvalue weighted by Gasteiger charge is -2.22. The first-order valence-electron chi connectivity index (χ1n) is 4.29. The van der Waals surface area contributed by atoms with Crippen molar-refractivity contribution in [3.63, 3.8) is 0 Å². The molecule has 4 N–H and O–H groups in total. The van der Waals surface area contributed by atoms with Crippen molar-refractivity contribution < 1.29 is 5.11 Å². The van der Waals surface area contributed by atoms with Crippen LogP contribution in [0, 0.1) is 0 Å². The number of nitrogens with zero attached hydrogens (tertiary/aromatic N) is 1. The van der Waals surface area contributed by atoms with E-state index in [2.05, 4.69) is 10.3 Å². The number of rotatable bonds is 3. The molecule has 15 heavy (non-hydrogen) atoms. The van der Waals surface area contributed by atoms with Gasteiger partial charge in [0.15, 0.2) is 5.96 Å². The van der Waals surface area contributed by atoms with Crippen molar-refractivity contribution in [3.8, 4) is 0 Å². The second-order valence-electron chi connectivity index (χ2n) is 3.21. The Bertz CT molecular complexity index is 311. The predicted molar refractivity (Wildman–Crippen MR) is 74.9 cm³/mol. The molecule has 1 atom stereocenters. The van der Waals surface area contributed by atoms with Crippen molar-refractivity contribution in [1.82, 2.24) is 5.32 Å². The zero-order valence-electron chi connectivity index (χ0n) is 8.73. The summed E-state index contributed by atoms with van der Waals surface area (Å²) in [6, 6.07) is 3.80. The largest absolute Gasteiger partial charge is 0.383 e. The van der Waals surface area contributed by atoms with Crippen LogP contribution < -0.4 is 11.1 Å². The molecular weight excluding hydrogens is 325 g/mol. The summed E-state index contributed by atoms with van der Waals surface area (Å²) in [6.07, 6.45) is 0. The molecule has 1 aromatic heterocycles. The Balaban J connectivity index is 0.00000196. The summed E-state index contributed by atoms with van der Waals surface area (Å²) in [7, 11) is 1.60. The average Bonchev–Trinajstić information content (AvgIpc) is 2.67. The van der Waals surface area contributed by atoms with Crippen LogP contribution in [0.3, 0.4) is 0 Å². The Morgan fingerprint density at radius 2 is 2.40 bits per heavy atom. The summed E-state index contributed by atoms with van der Waals surface area (Å²) in [5.74, 6) is 0.335. The van der Waals surface area contributed by atoms with Crippen molar-refractivity contribution in [2.75, 3.05) is 13.6 Å². The molecule has 86 valence electrons. The highest BCUT2D eigenvalue weighted by Gasteiger charge is 2.23. The fourth-order valence-electron chi connectivity index (χ4n) is 1.01. The molecule has 0 aromatic carbocycles. The quantitative estimate of drug-likeness (QED) is 0.438. The van der Waals surface area contributed by atoms with Gasteiger partial charge in [-0.1, -0.05) is 6.07 Å². The van der Waals surface area contributed by atoms with Crippen LogP contribution >= 0.6 is 35.3 Å². The first-order valence-corrected chi connectivity index (χ1v) is 5.17. The smallest absolute Gasteiger partial charge is 0.188 e. The van der Waals surface area contributed by atoms with E-state index in [1.807, 2.05) is 17.5 Å². The van der Waals surface area contributed by atoms with E-state index >= 15 is 0 Å². The van der Waals surface area contributed by atoms with Crippen LogP contribution in [0.5, 0.6) is 0 Å². The molecular formula is C9H16IN3OS. The normalized spacial score (nSPS) is 15.3. The van der Waals surface area contributed by atoms with Gasteiger partial charge in [-0.3, -0.25) is 4.99 Å². The summed E-state index contributed by atoms with van der Waals surface area (Å²) >= 11 is 1.52. The van der Waals surface area contributed by atoms with Crippen LogP contribution in [-0.4, -0.2) is 24.7 Å². The molecule has 4 nitrogen and oxygen atoms in total. The van der Waals surface area contributed by atoms with Gasteiger partial charge in [-0.15, -0.1) is 35.3 Å². The molecule has 0 amide bonds. The van der Waals surface area contributed by atoms with Gasteiger partial charge < -0.3 is 16.2 Å². The van der Waals surface area contributed by atoms with Crippen LogP contribution in [0.2, 0.25) is 0 Å². The second kappa shape index (κ2) is 6.29. The zero-order chi connectivity index (χ0) is 10.6. The maximum Gasteiger partial charge on any atom is 0.188 e. The second-order valence-corrected chi connectivity index (χ2v) is 4.16. The number of nitrogens with one attached hydrogen (secondary N) is 1. The molecule has 1 unspecified atom stereocenters. The van der Waals surface area contributed by atoms with Gasteiger partial charge in [0.25, 0.3) is 0 Å². The Morgan fingerprint density at radius 1 is 1.73 bits per heavy atom. The van der Waals surface area contributed by atoms with Crippen molar-refractivity contribution >= 4 is 41.3 Å². The summed E-state index contributed by atoms with van der Waals surface area (Å²) in [4.78, 5) is 4.66. The van der Waals surface area contributed by atoms with E-state index in [1.165, 1.54) is 11.3 Å². The minimum atomic E-state index is -0.899. The fraction of sp³-hybridized carbons (Fsp3) is 0.444. The third-order valence-corrected chi connectivity index (χ3v) is 3.03. The number of aliphatic imine (C=N–C) groups is 1. The summed E-state index contributed by atoms with van der Waals surface area (Å²) in [6.45, 7) is 2.10. The van der Waals surface area contributed by atoms with Gasteiger partial charge in [-0.25, -0.2) is 0 Å². The molecule has 0 aliphatic rings. The van der Waals surface area contributed by atoms with Gasteiger partial charge in [-0.2, -0.15) is 0 Å². The molecule has 6 heteroatoms. The molecule has 1 heterocycles. The SMILES string of the molecule is CN=C(N)NCC(C)(O)c1cccs1.I. The minimum absolute atomic E-state index is 0. The lowest BCUT2D eigenvalue weighted by atomic mass is 10.1. The highest BCUT2D eigenvalue weighted by Crippen LogP contribution is 2.24. The molecule has 0 saturated carbocycles. The van der Waals surface area contributed by atoms with Crippen molar-refractivity contribution in [3.05, 3.63) is 22.4 Å². The Labute approximate surface area is 111 Å². The maximum atomic E-state index is 10.1. The number of hydrogen-bond donors (Lipinski definition) is 3. The highest BCUT2D eigenvalue weighted by atomic mass is 127. The Hall–Kier alpha value is -0.340. The van der Waals surface area contributed by atoms with Crippen LogP contribution in [0.4, 0.5) is 0 Å². The molecule has 0 radical (unpaired) electrons. The number of halogens is 1.